The molecule has 0 saturated heterocycles. The van der Waals surface area contributed by atoms with Gasteiger partial charge in [-0.2, -0.15) is 0 Å². The minimum atomic E-state index is -1.01. The molecule has 100 valence electrons. The van der Waals surface area contributed by atoms with Crippen molar-refractivity contribution in [2.45, 2.75) is 20.1 Å². The Morgan fingerprint density at radius 1 is 1.37 bits per heavy atom. The van der Waals surface area contributed by atoms with Crippen LogP contribution in [0, 0.1) is 0 Å². The van der Waals surface area contributed by atoms with Crippen LogP contribution in [0.4, 0.5) is 0 Å². The van der Waals surface area contributed by atoms with Crippen LogP contribution in [0.3, 0.4) is 0 Å². The largest absolute Gasteiger partial charge is 0.508 e. The first kappa shape index (κ1) is 12.9. The van der Waals surface area contributed by atoms with Gasteiger partial charge >= 0.3 is 5.97 Å². The summed E-state index contributed by atoms with van der Waals surface area (Å²) in [6.07, 6.45) is 1.32. The van der Waals surface area contributed by atoms with Gasteiger partial charge < -0.3 is 19.5 Å². The maximum absolute atomic E-state index is 11.0. The maximum atomic E-state index is 11.0. The van der Waals surface area contributed by atoms with Crippen molar-refractivity contribution < 1.29 is 19.7 Å². The van der Waals surface area contributed by atoms with E-state index in [9.17, 15) is 4.79 Å². The summed E-state index contributed by atoms with van der Waals surface area (Å²) in [5.74, 6) is 0.286. The van der Waals surface area contributed by atoms with Gasteiger partial charge in [-0.1, -0.05) is 0 Å². The van der Waals surface area contributed by atoms with Gasteiger partial charge in [-0.05, 0) is 31.2 Å². The molecule has 0 saturated carbocycles. The highest BCUT2D eigenvalue weighted by Crippen LogP contribution is 2.17. The van der Waals surface area contributed by atoms with Crippen LogP contribution in [0.1, 0.15) is 23.2 Å². The third kappa shape index (κ3) is 2.85. The second-order valence-electron chi connectivity index (χ2n) is 3.89. The number of imidazole rings is 1. The molecule has 0 amide bonds. The summed E-state index contributed by atoms with van der Waals surface area (Å²) < 4.78 is 7.08. The number of carboxylic acid groups (broad SMARTS) is 1. The number of carboxylic acids is 1. The standard InChI is InChI=1S/C13H14N2O4/c1-2-15-11(13(17)18)7-14-12(15)8-19-10-5-3-9(16)4-6-10/h3-7,16H,2,8H2,1H3,(H,17,18). The number of rotatable bonds is 5. The number of hydrogen-bond donors (Lipinski definition) is 2. The molecule has 1 aromatic heterocycles. The summed E-state index contributed by atoms with van der Waals surface area (Å²) in [6.45, 7) is 2.53. The minimum absolute atomic E-state index is 0.145. The Kier molecular flexibility index (Phi) is 3.70. The first-order valence-electron chi connectivity index (χ1n) is 5.81. The molecule has 0 fully saturated rings. The van der Waals surface area contributed by atoms with Crippen LogP contribution in [-0.2, 0) is 13.2 Å². The number of phenolic OH excluding ortho intramolecular Hbond substituents is 1. The maximum Gasteiger partial charge on any atom is 0.354 e. The number of aromatic hydroxyl groups is 1. The zero-order chi connectivity index (χ0) is 13.8. The highest BCUT2D eigenvalue weighted by atomic mass is 16.5. The van der Waals surface area contributed by atoms with E-state index in [0.717, 1.165) is 0 Å². The number of aromatic carboxylic acids is 1. The van der Waals surface area contributed by atoms with Gasteiger partial charge in [-0.15, -0.1) is 0 Å². The average molecular weight is 262 g/mol. The third-order valence-electron chi connectivity index (χ3n) is 2.68. The van der Waals surface area contributed by atoms with E-state index < -0.39 is 5.97 Å². The summed E-state index contributed by atoms with van der Waals surface area (Å²) in [7, 11) is 0. The molecule has 0 radical (unpaired) electrons. The van der Waals surface area contributed by atoms with Crippen molar-refractivity contribution in [2.75, 3.05) is 0 Å². The molecular weight excluding hydrogens is 248 g/mol. The number of hydrogen-bond acceptors (Lipinski definition) is 4. The Morgan fingerprint density at radius 2 is 2.05 bits per heavy atom. The van der Waals surface area contributed by atoms with E-state index in [1.54, 1.807) is 16.7 Å². The van der Waals surface area contributed by atoms with Crippen LogP contribution in [0.25, 0.3) is 0 Å². The van der Waals surface area contributed by atoms with Crippen LogP contribution in [0.5, 0.6) is 11.5 Å². The van der Waals surface area contributed by atoms with Gasteiger partial charge in [-0.3, -0.25) is 0 Å². The van der Waals surface area contributed by atoms with Crippen LogP contribution >= 0.6 is 0 Å². The Labute approximate surface area is 109 Å². The number of nitrogens with zero attached hydrogens (tertiary/aromatic N) is 2. The Morgan fingerprint density at radius 3 is 2.63 bits per heavy atom. The quantitative estimate of drug-likeness (QED) is 0.859. The van der Waals surface area contributed by atoms with Crippen molar-refractivity contribution in [3.8, 4) is 11.5 Å². The van der Waals surface area contributed by atoms with Crippen LogP contribution in [0.2, 0.25) is 0 Å². The normalized spacial score (nSPS) is 10.4. The highest BCUT2D eigenvalue weighted by Gasteiger charge is 2.14. The molecular formula is C13H14N2O4. The van der Waals surface area contributed by atoms with Gasteiger partial charge in [0.15, 0.2) is 0 Å². The molecule has 2 N–H and O–H groups in total. The summed E-state index contributed by atoms with van der Waals surface area (Å²) in [5, 5.41) is 18.1. The van der Waals surface area contributed by atoms with Crippen LogP contribution in [0.15, 0.2) is 30.5 Å². The topological polar surface area (TPSA) is 84.6 Å². The number of ether oxygens (including phenoxy) is 1. The second kappa shape index (κ2) is 5.43. The zero-order valence-electron chi connectivity index (χ0n) is 10.4. The van der Waals surface area contributed by atoms with Crippen molar-refractivity contribution in [3.05, 3.63) is 42.0 Å². The van der Waals surface area contributed by atoms with Crippen molar-refractivity contribution in [3.63, 3.8) is 0 Å². The molecule has 0 spiro atoms. The molecule has 0 aliphatic carbocycles. The van der Waals surface area contributed by atoms with Crippen LogP contribution in [-0.4, -0.2) is 25.7 Å². The first-order valence-corrected chi connectivity index (χ1v) is 5.81. The highest BCUT2D eigenvalue weighted by molar-refractivity contribution is 5.85. The predicted octanol–water partition coefficient (Wildman–Crippen LogP) is 1.89. The average Bonchev–Trinajstić information content (AvgIpc) is 2.81. The van der Waals surface area contributed by atoms with Crippen molar-refractivity contribution >= 4 is 5.97 Å². The monoisotopic (exact) mass is 262 g/mol. The summed E-state index contributed by atoms with van der Waals surface area (Å²) >= 11 is 0. The minimum Gasteiger partial charge on any atom is -0.508 e. The lowest BCUT2D eigenvalue weighted by Crippen LogP contribution is -2.11. The van der Waals surface area contributed by atoms with Gasteiger partial charge in [-0.25, -0.2) is 9.78 Å². The molecule has 6 nitrogen and oxygen atoms in total. The second-order valence-corrected chi connectivity index (χ2v) is 3.89. The zero-order valence-corrected chi connectivity index (χ0v) is 10.4. The molecule has 0 atom stereocenters. The summed E-state index contributed by atoms with van der Waals surface area (Å²) in [4.78, 5) is 15.0. The lowest BCUT2D eigenvalue weighted by molar-refractivity contribution is 0.0684. The van der Waals surface area contributed by atoms with Crippen molar-refractivity contribution in [1.82, 2.24) is 9.55 Å². The van der Waals surface area contributed by atoms with E-state index in [1.165, 1.54) is 18.3 Å². The smallest absolute Gasteiger partial charge is 0.354 e. The molecule has 0 unspecified atom stereocenters. The Balaban J connectivity index is 2.11. The summed E-state index contributed by atoms with van der Waals surface area (Å²) in [6, 6.07) is 6.30. The van der Waals surface area contributed by atoms with E-state index >= 15 is 0 Å². The van der Waals surface area contributed by atoms with Crippen molar-refractivity contribution in [1.29, 1.82) is 0 Å². The first-order chi connectivity index (χ1) is 9.11. The molecule has 0 aliphatic rings. The lowest BCUT2D eigenvalue weighted by atomic mass is 10.3. The molecule has 0 bridgehead atoms. The molecule has 0 aliphatic heterocycles. The van der Waals surface area contributed by atoms with Crippen molar-refractivity contribution in [2.24, 2.45) is 0 Å². The third-order valence-corrected chi connectivity index (χ3v) is 2.68. The number of aromatic nitrogens is 2. The number of phenols is 1. The Hall–Kier alpha value is -2.50. The lowest BCUT2D eigenvalue weighted by Gasteiger charge is -2.09. The number of benzene rings is 1. The molecule has 19 heavy (non-hydrogen) atoms. The molecule has 1 heterocycles. The van der Waals surface area contributed by atoms with E-state index in [4.69, 9.17) is 14.9 Å². The van der Waals surface area contributed by atoms with Crippen LogP contribution < -0.4 is 4.74 Å². The molecule has 2 aromatic rings. The summed E-state index contributed by atoms with van der Waals surface area (Å²) in [5.41, 5.74) is 0.145. The molecule has 6 heteroatoms. The Bertz CT molecular complexity index is 575. The van der Waals surface area contributed by atoms with E-state index in [-0.39, 0.29) is 18.1 Å². The SMILES string of the molecule is CCn1c(C(=O)O)cnc1COc1ccc(O)cc1. The fourth-order valence-electron chi connectivity index (χ4n) is 1.74. The fourth-order valence-corrected chi connectivity index (χ4v) is 1.74. The predicted molar refractivity (Wildman–Crippen MR) is 67.3 cm³/mol. The van der Waals surface area contributed by atoms with Gasteiger partial charge in [0.05, 0.1) is 6.20 Å². The van der Waals surface area contributed by atoms with Gasteiger partial charge in [0, 0.05) is 6.54 Å². The van der Waals surface area contributed by atoms with E-state index in [1.807, 2.05) is 6.92 Å². The van der Waals surface area contributed by atoms with Gasteiger partial charge in [0.1, 0.15) is 29.6 Å². The van der Waals surface area contributed by atoms with E-state index in [0.29, 0.717) is 18.1 Å². The fraction of sp³-hybridized carbons (Fsp3) is 0.231. The van der Waals surface area contributed by atoms with Gasteiger partial charge in [0.25, 0.3) is 0 Å². The number of carbonyl (C=O) groups is 1. The van der Waals surface area contributed by atoms with E-state index in [2.05, 4.69) is 4.98 Å². The van der Waals surface area contributed by atoms with Gasteiger partial charge in [0.2, 0.25) is 0 Å². The molecule has 1 aromatic carbocycles. The molecule has 2 rings (SSSR count).